The average Bonchev–Trinajstić information content (AvgIpc) is 3.06. The highest BCUT2D eigenvalue weighted by molar-refractivity contribution is 7.09. The van der Waals surface area contributed by atoms with E-state index >= 15 is 0 Å². The van der Waals surface area contributed by atoms with Gasteiger partial charge in [0.2, 0.25) is 0 Å². The summed E-state index contributed by atoms with van der Waals surface area (Å²) in [5.41, 5.74) is 2.09. The number of carbonyl (C=O) groups excluding carboxylic acids is 1. The second-order valence-electron chi connectivity index (χ2n) is 6.61. The number of unbranched alkanes of at least 4 members (excludes halogenated alkanes) is 1. The van der Waals surface area contributed by atoms with Crippen LogP contribution in [0.2, 0.25) is 0 Å². The van der Waals surface area contributed by atoms with Crippen LogP contribution in [0.3, 0.4) is 0 Å². The smallest absolute Gasteiger partial charge is 0.147 e. The van der Waals surface area contributed by atoms with Crippen LogP contribution in [0.15, 0.2) is 23.1 Å². The van der Waals surface area contributed by atoms with Crippen LogP contribution in [0.1, 0.15) is 50.2 Å². The molecule has 0 bridgehead atoms. The average molecular weight is 396 g/mol. The standard InChI is InChI=1S/C21H33NO4S/c1-17(14-23)9-7-5-6-8-10-21(26-16-25-12-11-24-4)18(2)13-20-15-27-19(3)22-20/h6,8,13-15,17,21H,5,7,9-12,16H2,1-4H3/b8-6-,18-13+/t17-,21-/m0/s1. The van der Waals surface area contributed by atoms with Gasteiger partial charge in [0, 0.05) is 18.4 Å². The van der Waals surface area contributed by atoms with Gasteiger partial charge in [-0.05, 0) is 51.2 Å². The number of rotatable bonds is 15. The summed E-state index contributed by atoms with van der Waals surface area (Å²) in [6, 6.07) is 0. The highest BCUT2D eigenvalue weighted by Crippen LogP contribution is 2.18. The fraction of sp³-hybridized carbons (Fsp3) is 0.619. The van der Waals surface area contributed by atoms with Gasteiger partial charge in [-0.25, -0.2) is 4.98 Å². The van der Waals surface area contributed by atoms with Gasteiger partial charge >= 0.3 is 0 Å². The van der Waals surface area contributed by atoms with Crippen LogP contribution in [0, 0.1) is 12.8 Å². The Bertz CT molecular complexity index is 582. The molecule has 2 atom stereocenters. The lowest BCUT2D eigenvalue weighted by Gasteiger charge is -2.17. The number of aldehydes is 1. The molecular weight excluding hydrogens is 362 g/mol. The van der Waals surface area contributed by atoms with Gasteiger partial charge in [-0.1, -0.05) is 19.1 Å². The fourth-order valence-corrected chi connectivity index (χ4v) is 3.02. The van der Waals surface area contributed by atoms with Crippen molar-refractivity contribution in [2.24, 2.45) is 5.92 Å². The van der Waals surface area contributed by atoms with Gasteiger partial charge < -0.3 is 19.0 Å². The van der Waals surface area contributed by atoms with Crippen LogP contribution in [-0.4, -0.2) is 44.5 Å². The Morgan fingerprint density at radius 1 is 1.33 bits per heavy atom. The first-order chi connectivity index (χ1) is 13.1. The molecule has 0 fully saturated rings. The summed E-state index contributed by atoms with van der Waals surface area (Å²) in [6.07, 6.45) is 11.1. The number of ether oxygens (including phenoxy) is 3. The predicted octanol–water partition coefficient (Wildman–Crippen LogP) is 4.81. The molecule has 27 heavy (non-hydrogen) atoms. The molecule has 0 aliphatic rings. The number of aromatic nitrogens is 1. The van der Waals surface area contributed by atoms with E-state index in [2.05, 4.69) is 35.5 Å². The summed E-state index contributed by atoms with van der Waals surface area (Å²) in [5.74, 6) is 0.144. The van der Waals surface area contributed by atoms with Crippen LogP contribution in [-0.2, 0) is 19.0 Å². The van der Waals surface area contributed by atoms with Gasteiger partial charge in [-0.15, -0.1) is 11.3 Å². The number of hydrogen-bond donors (Lipinski definition) is 0. The molecule has 0 radical (unpaired) electrons. The van der Waals surface area contributed by atoms with Crippen LogP contribution < -0.4 is 0 Å². The molecule has 0 spiro atoms. The monoisotopic (exact) mass is 395 g/mol. The van der Waals surface area contributed by atoms with Crippen molar-refractivity contribution < 1.29 is 19.0 Å². The first-order valence-electron chi connectivity index (χ1n) is 9.45. The summed E-state index contributed by atoms with van der Waals surface area (Å²) >= 11 is 1.64. The van der Waals surface area contributed by atoms with Crippen LogP contribution in [0.25, 0.3) is 6.08 Å². The molecule has 0 saturated heterocycles. The molecule has 0 N–H and O–H groups in total. The minimum Gasteiger partial charge on any atom is -0.382 e. The molecular formula is C21H33NO4S. The highest BCUT2D eigenvalue weighted by atomic mass is 32.1. The topological polar surface area (TPSA) is 57.7 Å². The first kappa shape index (κ1) is 23.7. The van der Waals surface area contributed by atoms with Crippen molar-refractivity contribution >= 4 is 23.7 Å². The van der Waals surface area contributed by atoms with E-state index in [-0.39, 0.29) is 18.8 Å². The molecule has 0 unspecified atom stereocenters. The van der Waals surface area contributed by atoms with E-state index < -0.39 is 0 Å². The third kappa shape index (κ3) is 11.2. The summed E-state index contributed by atoms with van der Waals surface area (Å²) in [6.45, 7) is 7.33. The SMILES string of the molecule is COCCOCO[C@@H](C/C=C\CCC[C@H](C)C=O)/C(C)=C/c1csc(C)n1. The van der Waals surface area contributed by atoms with E-state index in [1.54, 1.807) is 18.4 Å². The number of nitrogens with zero attached hydrogens (tertiary/aromatic N) is 1. The molecule has 6 heteroatoms. The van der Waals surface area contributed by atoms with E-state index in [0.717, 1.165) is 48.2 Å². The summed E-state index contributed by atoms with van der Waals surface area (Å²) < 4.78 is 16.3. The van der Waals surface area contributed by atoms with Gasteiger partial charge in [0.25, 0.3) is 0 Å². The first-order valence-corrected chi connectivity index (χ1v) is 10.3. The lowest BCUT2D eigenvalue weighted by molar-refractivity contribution is -0.110. The molecule has 0 saturated carbocycles. The molecule has 1 rings (SSSR count). The Kier molecular flexibility index (Phi) is 12.9. The molecule has 1 aromatic heterocycles. The number of allylic oxidation sites excluding steroid dienone is 1. The van der Waals surface area contributed by atoms with E-state index in [4.69, 9.17) is 14.2 Å². The van der Waals surface area contributed by atoms with Crippen molar-refractivity contribution in [1.82, 2.24) is 4.98 Å². The van der Waals surface area contributed by atoms with E-state index in [1.165, 1.54) is 0 Å². The summed E-state index contributed by atoms with van der Waals surface area (Å²) in [5, 5.41) is 3.11. The third-order valence-corrected chi connectivity index (χ3v) is 4.88. The van der Waals surface area contributed by atoms with Gasteiger partial charge in [0.15, 0.2) is 0 Å². The van der Waals surface area contributed by atoms with Crippen LogP contribution in [0.4, 0.5) is 0 Å². The van der Waals surface area contributed by atoms with E-state index in [1.807, 2.05) is 13.8 Å². The molecule has 1 heterocycles. The number of hydrogen-bond acceptors (Lipinski definition) is 6. The zero-order valence-corrected chi connectivity index (χ0v) is 17.8. The molecule has 0 aliphatic heterocycles. The maximum absolute atomic E-state index is 10.6. The Morgan fingerprint density at radius 3 is 2.81 bits per heavy atom. The second-order valence-corrected chi connectivity index (χ2v) is 7.67. The Morgan fingerprint density at radius 2 is 2.15 bits per heavy atom. The van der Waals surface area contributed by atoms with Gasteiger partial charge in [-0.3, -0.25) is 0 Å². The molecule has 0 aliphatic carbocycles. The number of methoxy groups -OCH3 is 1. The van der Waals surface area contributed by atoms with Crippen molar-refractivity contribution in [2.45, 2.75) is 52.6 Å². The van der Waals surface area contributed by atoms with Crippen molar-refractivity contribution in [3.05, 3.63) is 33.8 Å². The van der Waals surface area contributed by atoms with Gasteiger partial charge in [0.05, 0.1) is 30.0 Å². The fourth-order valence-electron chi connectivity index (χ4n) is 2.45. The van der Waals surface area contributed by atoms with Crippen molar-refractivity contribution in [2.75, 3.05) is 27.1 Å². The quantitative estimate of drug-likeness (QED) is 0.185. The lowest BCUT2D eigenvalue weighted by atomic mass is 10.0. The predicted molar refractivity (Wildman–Crippen MR) is 111 cm³/mol. The zero-order chi connectivity index (χ0) is 19.9. The second kappa shape index (κ2) is 14.7. The summed E-state index contributed by atoms with van der Waals surface area (Å²) in [7, 11) is 1.65. The minimum absolute atomic E-state index is 0.0558. The Labute approximate surface area is 167 Å². The minimum atomic E-state index is -0.0558. The number of carbonyl (C=O) groups is 1. The van der Waals surface area contributed by atoms with Gasteiger partial charge in [0.1, 0.15) is 13.1 Å². The Hall–Kier alpha value is -1.34. The normalized spacial score (nSPS) is 14.6. The third-order valence-electron chi connectivity index (χ3n) is 4.08. The molecule has 1 aromatic rings. The maximum Gasteiger partial charge on any atom is 0.147 e. The lowest BCUT2D eigenvalue weighted by Crippen LogP contribution is -2.17. The highest BCUT2D eigenvalue weighted by Gasteiger charge is 2.11. The zero-order valence-electron chi connectivity index (χ0n) is 17.0. The van der Waals surface area contributed by atoms with Crippen molar-refractivity contribution in [3.63, 3.8) is 0 Å². The van der Waals surface area contributed by atoms with Crippen LogP contribution in [0.5, 0.6) is 0 Å². The molecule has 0 aromatic carbocycles. The molecule has 152 valence electrons. The van der Waals surface area contributed by atoms with Gasteiger partial charge in [-0.2, -0.15) is 0 Å². The van der Waals surface area contributed by atoms with Crippen molar-refractivity contribution in [1.29, 1.82) is 0 Å². The van der Waals surface area contributed by atoms with Crippen LogP contribution >= 0.6 is 11.3 Å². The molecule has 5 nitrogen and oxygen atoms in total. The molecule has 0 amide bonds. The Balaban J connectivity index is 2.53. The van der Waals surface area contributed by atoms with E-state index in [9.17, 15) is 4.79 Å². The largest absolute Gasteiger partial charge is 0.382 e. The summed E-state index contributed by atoms with van der Waals surface area (Å²) in [4.78, 5) is 15.1. The van der Waals surface area contributed by atoms with E-state index in [0.29, 0.717) is 13.2 Å². The number of aryl methyl sites for hydroxylation is 1. The number of thiazole rings is 1. The maximum atomic E-state index is 10.6. The van der Waals surface area contributed by atoms with Crippen molar-refractivity contribution in [3.8, 4) is 0 Å².